The van der Waals surface area contributed by atoms with Gasteiger partial charge in [-0.1, -0.05) is 0 Å². The SMILES string of the molecule is CCOC(=O)C(C)n1c(C)nc2c1CCCC2. The Morgan fingerprint density at radius 3 is 2.88 bits per heavy atom. The van der Waals surface area contributed by atoms with Gasteiger partial charge in [-0.25, -0.2) is 9.78 Å². The zero-order valence-electron chi connectivity index (χ0n) is 10.8. The van der Waals surface area contributed by atoms with Crippen LogP contribution < -0.4 is 0 Å². The van der Waals surface area contributed by atoms with E-state index >= 15 is 0 Å². The fourth-order valence-electron chi connectivity index (χ4n) is 2.58. The van der Waals surface area contributed by atoms with E-state index in [1.54, 1.807) is 0 Å². The van der Waals surface area contributed by atoms with Crippen LogP contribution in [-0.2, 0) is 22.4 Å². The highest BCUT2D eigenvalue weighted by Crippen LogP contribution is 2.25. The van der Waals surface area contributed by atoms with Crippen molar-refractivity contribution in [3.63, 3.8) is 0 Å². The summed E-state index contributed by atoms with van der Waals surface area (Å²) in [6, 6.07) is -0.260. The minimum absolute atomic E-state index is 0.165. The molecule has 1 heterocycles. The summed E-state index contributed by atoms with van der Waals surface area (Å²) < 4.78 is 7.13. The molecule has 0 spiro atoms. The molecule has 0 fully saturated rings. The molecule has 1 aliphatic rings. The Hall–Kier alpha value is -1.32. The molecule has 0 aromatic carbocycles. The minimum Gasteiger partial charge on any atom is -0.464 e. The third kappa shape index (κ3) is 2.21. The average molecular weight is 236 g/mol. The third-order valence-corrected chi connectivity index (χ3v) is 3.36. The van der Waals surface area contributed by atoms with E-state index in [-0.39, 0.29) is 12.0 Å². The lowest BCUT2D eigenvalue weighted by molar-refractivity contribution is -0.146. The van der Waals surface area contributed by atoms with Crippen molar-refractivity contribution >= 4 is 5.97 Å². The number of hydrogen-bond acceptors (Lipinski definition) is 3. The smallest absolute Gasteiger partial charge is 0.328 e. The Morgan fingerprint density at radius 2 is 2.18 bits per heavy atom. The number of esters is 1. The zero-order valence-corrected chi connectivity index (χ0v) is 10.8. The van der Waals surface area contributed by atoms with E-state index in [0.29, 0.717) is 6.61 Å². The Bertz CT molecular complexity index is 423. The molecule has 4 heteroatoms. The second-order valence-corrected chi connectivity index (χ2v) is 4.56. The largest absolute Gasteiger partial charge is 0.464 e. The highest BCUT2D eigenvalue weighted by Gasteiger charge is 2.25. The Balaban J connectivity index is 2.31. The van der Waals surface area contributed by atoms with Crippen LogP contribution in [0.4, 0.5) is 0 Å². The number of aryl methyl sites for hydroxylation is 2. The lowest BCUT2D eigenvalue weighted by Gasteiger charge is -2.19. The molecule has 0 amide bonds. The summed E-state index contributed by atoms with van der Waals surface area (Å²) in [5, 5.41) is 0. The van der Waals surface area contributed by atoms with Crippen molar-refractivity contribution in [3.05, 3.63) is 17.2 Å². The van der Waals surface area contributed by atoms with Crippen molar-refractivity contribution in [1.82, 2.24) is 9.55 Å². The standard InChI is InChI=1S/C13H20N2O2/c1-4-17-13(16)9(2)15-10(3)14-11-7-5-6-8-12(11)15/h9H,4-8H2,1-3H3. The summed E-state index contributed by atoms with van der Waals surface area (Å²) in [6.45, 7) is 6.12. The second-order valence-electron chi connectivity index (χ2n) is 4.56. The van der Waals surface area contributed by atoms with E-state index in [1.807, 2.05) is 25.3 Å². The number of rotatable bonds is 3. The van der Waals surface area contributed by atoms with E-state index in [2.05, 4.69) is 4.98 Å². The summed E-state index contributed by atoms with van der Waals surface area (Å²) in [7, 11) is 0. The lowest BCUT2D eigenvalue weighted by atomic mass is 10.0. The molecule has 4 nitrogen and oxygen atoms in total. The van der Waals surface area contributed by atoms with Crippen molar-refractivity contribution in [2.45, 2.75) is 52.5 Å². The quantitative estimate of drug-likeness (QED) is 0.756. The molecule has 0 N–H and O–H groups in total. The number of imidazole rings is 1. The summed E-state index contributed by atoms with van der Waals surface area (Å²) in [4.78, 5) is 16.4. The number of fused-ring (bicyclic) bond motifs is 1. The Kier molecular flexibility index (Phi) is 3.50. The number of ether oxygens (including phenoxy) is 1. The first kappa shape index (κ1) is 12.1. The molecule has 0 bridgehead atoms. The van der Waals surface area contributed by atoms with Crippen LogP contribution in [0.1, 0.15) is 49.9 Å². The molecule has 0 saturated heterocycles. The average Bonchev–Trinajstić information content (AvgIpc) is 2.64. The number of carbonyl (C=O) groups excluding carboxylic acids is 1. The van der Waals surface area contributed by atoms with Crippen LogP contribution in [0, 0.1) is 6.92 Å². The molecule has 1 atom stereocenters. The van der Waals surface area contributed by atoms with E-state index in [1.165, 1.54) is 24.2 Å². The van der Waals surface area contributed by atoms with Crippen LogP contribution in [-0.4, -0.2) is 22.1 Å². The van der Waals surface area contributed by atoms with Crippen LogP contribution in [0.3, 0.4) is 0 Å². The van der Waals surface area contributed by atoms with Gasteiger partial charge in [0.1, 0.15) is 11.9 Å². The highest BCUT2D eigenvalue weighted by molar-refractivity contribution is 5.74. The number of aromatic nitrogens is 2. The molecule has 0 saturated carbocycles. The molecule has 1 aliphatic carbocycles. The van der Waals surface area contributed by atoms with Crippen LogP contribution in [0.25, 0.3) is 0 Å². The molecular formula is C13H20N2O2. The van der Waals surface area contributed by atoms with Gasteiger partial charge in [-0.05, 0) is 46.5 Å². The number of carbonyl (C=O) groups is 1. The van der Waals surface area contributed by atoms with Gasteiger partial charge < -0.3 is 9.30 Å². The van der Waals surface area contributed by atoms with Crippen molar-refractivity contribution < 1.29 is 9.53 Å². The number of hydrogen-bond donors (Lipinski definition) is 0. The predicted octanol–water partition coefficient (Wildman–Crippen LogP) is 2.19. The molecule has 2 rings (SSSR count). The van der Waals surface area contributed by atoms with Crippen molar-refractivity contribution in [2.75, 3.05) is 6.61 Å². The van der Waals surface area contributed by atoms with Crippen LogP contribution in [0.2, 0.25) is 0 Å². The first-order valence-electron chi connectivity index (χ1n) is 6.38. The Morgan fingerprint density at radius 1 is 1.47 bits per heavy atom. The second kappa shape index (κ2) is 4.90. The summed E-state index contributed by atoms with van der Waals surface area (Å²) in [5.41, 5.74) is 2.40. The van der Waals surface area contributed by atoms with Gasteiger partial charge in [-0.2, -0.15) is 0 Å². The van der Waals surface area contributed by atoms with Gasteiger partial charge in [-0.3, -0.25) is 0 Å². The predicted molar refractivity (Wildman–Crippen MR) is 65.0 cm³/mol. The van der Waals surface area contributed by atoms with Crippen molar-refractivity contribution in [3.8, 4) is 0 Å². The van der Waals surface area contributed by atoms with E-state index < -0.39 is 0 Å². The van der Waals surface area contributed by atoms with Crippen LogP contribution in [0.5, 0.6) is 0 Å². The molecule has 17 heavy (non-hydrogen) atoms. The molecule has 1 unspecified atom stereocenters. The minimum atomic E-state index is -0.260. The molecule has 94 valence electrons. The molecular weight excluding hydrogens is 216 g/mol. The molecule has 1 aromatic heterocycles. The maximum absolute atomic E-state index is 11.8. The van der Waals surface area contributed by atoms with Gasteiger partial charge in [0.25, 0.3) is 0 Å². The topological polar surface area (TPSA) is 44.1 Å². The number of nitrogens with zero attached hydrogens (tertiary/aromatic N) is 2. The van der Waals surface area contributed by atoms with Gasteiger partial charge in [-0.15, -0.1) is 0 Å². The van der Waals surface area contributed by atoms with E-state index in [0.717, 1.165) is 18.7 Å². The fraction of sp³-hybridized carbons (Fsp3) is 0.692. The summed E-state index contributed by atoms with van der Waals surface area (Å²) in [6.07, 6.45) is 4.46. The van der Waals surface area contributed by atoms with Crippen molar-refractivity contribution in [1.29, 1.82) is 0 Å². The van der Waals surface area contributed by atoms with Gasteiger partial charge in [0.2, 0.25) is 0 Å². The zero-order chi connectivity index (χ0) is 12.4. The van der Waals surface area contributed by atoms with E-state index in [4.69, 9.17) is 4.74 Å². The maximum atomic E-state index is 11.8. The fourth-order valence-corrected chi connectivity index (χ4v) is 2.58. The monoisotopic (exact) mass is 236 g/mol. The first-order chi connectivity index (χ1) is 8.15. The third-order valence-electron chi connectivity index (χ3n) is 3.36. The highest BCUT2D eigenvalue weighted by atomic mass is 16.5. The summed E-state index contributed by atoms with van der Waals surface area (Å²) >= 11 is 0. The first-order valence-corrected chi connectivity index (χ1v) is 6.38. The normalized spacial score (nSPS) is 16.4. The van der Waals surface area contributed by atoms with Crippen LogP contribution >= 0.6 is 0 Å². The van der Waals surface area contributed by atoms with Gasteiger partial charge in [0, 0.05) is 5.69 Å². The van der Waals surface area contributed by atoms with Gasteiger partial charge in [0.05, 0.1) is 12.3 Å². The molecule has 1 aromatic rings. The molecule has 0 radical (unpaired) electrons. The Labute approximate surface area is 102 Å². The summed E-state index contributed by atoms with van der Waals surface area (Å²) in [5.74, 6) is 0.763. The van der Waals surface area contributed by atoms with Gasteiger partial charge >= 0.3 is 5.97 Å². The lowest BCUT2D eigenvalue weighted by Crippen LogP contribution is -2.22. The van der Waals surface area contributed by atoms with E-state index in [9.17, 15) is 4.79 Å². The maximum Gasteiger partial charge on any atom is 0.328 e. The van der Waals surface area contributed by atoms with Crippen LogP contribution in [0.15, 0.2) is 0 Å². The van der Waals surface area contributed by atoms with Gasteiger partial charge in [0.15, 0.2) is 0 Å². The molecule has 0 aliphatic heterocycles. The van der Waals surface area contributed by atoms with Crippen molar-refractivity contribution in [2.24, 2.45) is 0 Å².